The molecule has 1 heterocycles. The summed E-state index contributed by atoms with van der Waals surface area (Å²) in [6, 6.07) is 11.3. The Labute approximate surface area is 138 Å². The minimum atomic E-state index is -0.496. The number of hydrogen-bond acceptors (Lipinski definition) is 6. The molecule has 0 saturated heterocycles. The van der Waals surface area contributed by atoms with Crippen LogP contribution in [0.2, 0.25) is 0 Å². The normalized spacial score (nSPS) is 10.4. The molecular weight excluding hydrogens is 316 g/mol. The van der Waals surface area contributed by atoms with Crippen molar-refractivity contribution in [1.29, 1.82) is 0 Å². The maximum absolute atomic E-state index is 11.9. The van der Waals surface area contributed by atoms with Crippen molar-refractivity contribution in [2.24, 2.45) is 0 Å². The summed E-state index contributed by atoms with van der Waals surface area (Å²) in [4.78, 5) is 24.7. The number of carbonyl (C=O) groups is 2. The lowest BCUT2D eigenvalue weighted by molar-refractivity contribution is -0.149. The number of thiophene rings is 1. The third-order valence-electron chi connectivity index (χ3n) is 2.84. The van der Waals surface area contributed by atoms with Crippen molar-refractivity contribution in [3.63, 3.8) is 0 Å². The molecule has 0 radical (unpaired) electrons. The Kier molecular flexibility index (Phi) is 5.76. The molecule has 0 atom stereocenters. The first kappa shape index (κ1) is 17.0. The Balaban J connectivity index is 2.21. The number of methoxy groups -OCH3 is 1. The highest BCUT2D eigenvalue weighted by Crippen LogP contribution is 2.36. The molecule has 23 heavy (non-hydrogen) atoms. The highest BCUT2D eigenvalue weighted by atomic mass is 32.1. The Bertz CT molecular complexity index is 676. The molecule has 5 nitrogen and oxygen atoms in total. The zero-order valence-corrected chi connectivity index (χ0v) is 14.0. The highest BCUT2D eigenvalue weighted by molar-refractivity contribution is 7.17. The van der Waals surface area contributed by atoms with Crippen LogP contribution in [0.25, 0.3) is 10.4 Å². The van der Waals surface area contributed by atoms with Gasteiger partial charge in [-0.1, -0.05) is 30.3 Å². The van der Waals surface area contributed by atoms with Gasteiger partial charge in [-0.3, -0.25) is 0 Å². The number of rotatable bonds is 6. The van der Waals surface area contributed by atoms with Crippen molar-refractivity contribution < 1.29 is 23.8 Å². The molecule has 0 aliphatic heterocycles. The quantitative estimate of drug-likeness (QED) is 0.756. The molecule has 0 aliphatic carbocycles. The Hall–Kier alpha value is -2.34. The van der Waals surface area contributed by atoms with E-state index in [2.05, 4.69) is 0 Å². The third-order valence-corrected chi connectivity index (χ3v) is 3.99. The average molecular weight is 334 g/mol. The molecule has 0 saturated carbocycles. The smallest absolute Gasteiger partial charge is 0.351 e. The molecule has 0 aliphatic rings. The largest absolute Gasteiger partial charge is 0.480 e. The number of benzene rings is 1. The molecule has 0 unspecified atom stereocenters. The van der Waals surface area contributed by atoms with E-state index in [0.717, 1.165) is 10.4 Å². The molecule has 1 aromatic carbocycles. The monoisotopic (exact) mass is 334 g/mol. The van der Waals surface area contributed by atoms with Crippen molar-refractivity contribution in [3.05, 3.63) is 41.3 Å². The molecule has 122 valence electrons. The van der Waals surface area contributed by atoms with E-state index in [1.165, 1.54) is 18.4 Å². The van der Waals surface area contributed by atoms with E-state index in [0.29, 0.717) is 10.6 Å². The van der Waals surface area contributed by atoms with Crippen LogP contribution in [0.5, 0.6) is 5.75 Å². The number of ether oxygens (including phenoxy) is 3. The fourth-order valence-electron chi connectivity index (χ4n) is 1.89. The van der Waals surface area contributed by atoms with Crippen LogP contribution in [-0.2, 0) is 14.3 Å². The van der Waals surface area contributed by atoms with Gasteiger partial charge in [0.1, 0.15) is 5.75 Å². The van der Waals surface area contributed by atoms with Crippen molar-refractivity contribution in [3.8, 4) is 16.2 Å². The predicted molar refractivity (Wildman–Crippen MR) is 87.8 cm³/mol. The summed E-state index contributed by atoms with van der Waals surface area (Å²) in [5.74, 6) is -0.658. The standard InChI is InChI=1S/C17H18O5S/c1-11(2)22-15(18)10-21-13-9-14(12-7-5-4-6-8-12)23-16(13)17(19)20-3/h4-9,11H,10H2,1-3H3. The number of carbonyl (C=O) groups excluding carboxylic acids is 2. The van der Waals surface area contributed by atoms with Crippen molar-refractivity contribution in [2.75, 3.05) is 13.7 Å². The van der Waals surface area contributed by atoms with Gasteiger partial charge in [0, 0.05) is 4.88 Å². The lowest BCUT2D eigenvalue weighted by Gasteiger charge is -2.09. The summed E-state index contributed by atoms with van der Waals surface area (Å²) < 4.78 is 15.2. The van der Waals surface area contributed by atoms with Crippen LogP contribution in [0.3, 0.4) is 0 Å². The topological polar surface area (TPSA) is 61.8 Å². The van der Waals surface area contributed by atoms with Crippen LogP contribution in [0.4, 0.5) is 0 Å². The van der Waals surface area contributed by atoms with Crippen LogP contribution in [0.1, 0.15) is 23.5 Å². The van der Waals surface area contributed by atoms with Gasteiger partial charge in [0.25, 0.3) is 0 Å². The SMILES string of the molecule is COC(=O)c1sc(-c2ccccc2)cc1OCC(=O)OC(C)C. The second-order valence-corrected chi connectivity index (χ2v) is 6.04. The van der Waals surface area contributed by atoms with Crippen LogP contribution in [0.15, 0.2) is 36.4 Å². The molecule has 1 aromatic heterocycles. The molecule has 6 heteroatoms. The summed E-state index contributed by atoms with van der Waals surface area (Å²) >= 11 is 1.26. The van der Waals surface area contributed by atoms with E-state index in [1.54, 1.807) is 19.9 Å². The van der Waals surface area contributed by atoms with Gasteiger partial charge in [-0.05, 0) is 25.5 Å². The second kappa shape index (κ2) is 7.78. The van der Waals surface area contributed by atoms with Gasteiger partial charge < -0.3 is 14.2 Å². The maximum Gasteiger partial charge on any atom is 0.351 e. The van der Waals surface area contributed by atoms with Gasteiger partial charge in [-0.15, -0.1) is 11.3 Å². The summed E-state index contributed by atoms with van der Waals surface area (Å²) in [5.41, 5.74) is 0.960. The second-order valence-electron chi connectivity index (χ2n) is 4.99. The van der Waals surface area contributed by atoms with Crippen LogP contribution >= 0.6 is 11.3 Å². The zero-order valence-electron chi connectivity index (χ0n) is 13.2. The van der Waals surface area contributed by atoms with E-state index in [-0.39, 0.29) is 12.7 Å². The minimum absolute atomic E-state index is 0.214. The van der Waals surface area contributed by atoms with Crippen LogP contribution < -0.4 is 4.74 Å². The zero-order chi connectivity index (χ0) is 16.8. The van der Waals surface area contributed by atoms with Gasteiger partial charge in [-0.2, -0.15) is 0 Å². The van der Waals surface area contributed by atoms with E-state index in [4.69, 9.17) is 14.2 Å². The van der Waals surface area contributed by atoms with Gasteiger partial charge in [0.2, 0.25) is 0 Å². The molecule has 0 bridgehead atoms. The molecule has 0 N–H and O–H groups in total. The lowest BCUT2D eigenvalue weighted by Crippen LogP contribution is -2.19. The summed E-state index contributed by atoms with van der Waals surface area (Å²) in [5, 5.41) is 0. The third kappa shape index (κ3) is 4.56. The van der Waals surface area contributed by atoms with E-state index in [1.807, 2.05) is 30.3 Å². The maximum atomic E-state index is 11.9. The van der Waals surface area contributed by atoms with E-state index < -0.39 is 11.9 Å². The molecule has 2 aromatic rings. The number of hydrogen-bond donors (Lipinski definition) is 0. The summed E-state index contributed by atoms with van der Waals surface area (Å²) in [6.45, 7) is 3.26. The molecule has 0 amide bonds. The summed E-state index contributed by atoms with van der Waals surface area (Å²) in [6.07, 6.45) is -0.214. The van der Waals surface area contributed by atoms with E-state index in [9.17, 15) is 9.59 Å². The molecule has 0 spiro atoms. The van der Waals surface area contributed by atoms with Gasteiger partial charge >= 0.3 is 11.9 Å². The van der Waals surface area contributed by atoms with Crippen LogP contribution in [-0.4, -0.2) is 31.8 Å². The predicted octanol–water partition coefficient (Wildman–Crippen LogP) is 3.53. The van der Waals surface area contributed by atoms with Gasteiger partial charge in [0.05, 0.1) is 13.2 Å². The number of esters is 2. The van der Waals surface area contributed by atoms with Crippen molar-refractivity contribution in [2.45, 2.75) is 20.0 Å². The lowest BCUT2D eigenvalue weighted by atomic mass is 10.2. The highest BCUT2D eigenvalue weighted by Gasteiger charge is 2.20. The van der Waals surface area contributed by atoms with Crippen LogP contribution in [0, 0.1) is 0 Å². The minimum Gasteiger partial charge on any atom is -0.480 e. The fourth-order valence-corrected chi connectivity index (χ4v) is 2.92. The molecular formula is C17H18O5S. The first-order valence-electron chi connectivity index (χ1n) is 7.11. The Morgan fingerprint density at radius 3 is 2.48 bits per heavy atom. The first-order chi connectivity index (χ1) is 11.0. The molecule has 0 fully saturated rings. The van der Waals surface area contributed by atoms with E-state index >= 15 is 0 Å². The summed E-state index contributed by atoms with van der Waals surface area (Å²) in [7, 11) is 1.31. The van der Waals surface area contributed by atoms with Crippen molar-refractivity contribution >= 4 is 23.3 Å². The molecule has 2 rings (SSSR count). The van der Waals surface area contributed by atoms with Crippen molar-refractivity contribution in [1.82, 2.24) is 0 Å². The Morgan fingerprint density at radius 2 is 1.87 bits per heavy atom. The fraction of sp³-hybridized carbons (Fsp3) is 0.294. The van der Waals surface area contributed by atoms with Gasteiger partial charge in [0.15, 0.2) is 11.5 Å². The van der Waals surface area contributed by atoms with Gasteiger partial charge in [-0.25, -0.2) is 9.59 Å². The Morgan fingerprint density at radius 1 is 1.17 bits per heavy atom. The first-order valence-corrected chi connectivity index (χ1v) is 7.92. The average Bonchev–Trinajstić information content (AvgIpc) is 2.96.